The van der Waals surface area contributed by atoms with E-state index in [1.165, 1.54) is 13.8 Å². The number of sulfone groups is 1. The summed E-state index contributed by atoms with van der Waals surface area (Å²) in [7, 11) is -3.80. The van der Waals surface area contributed by atoms with Gasteiger partial charge in [-0.3, -0.25) is 9.59 Å². The quantitative estimate of drug-likeness (QED) is 0.648. The molecule has 0 bridgehead atoms. The Bertz CT molecular complexity index is 348. The molecule has 3 N–H and O–H groups in total. The highest BCUT2D eigenvalue weighted by Crippen LogP contribution is 2.15. The minimum Gasteiger partial charge on any atom is -0.481 e. The second kappa shape index (κ2) is 5.11. The minimum atomic E-state index is -3.80. The van der Waals surface area contributed by atoms with Crippen molar-refractivity contribution in [2.24, 2.45) is 5.73 Å². The third-order valence-corrected chi connectivity index (χ3v) is 4.75. The molecule has 88 valence electrons. The lowest BCUT2D eigenvalue weighted by atomic mass is 10.3. The van der Waals surface area contributed by atoms with Gasteiger partial charge < -0.3 is 10.8 Å². The Balaban J connectivity index is 4.94. The summed E-state index contributed by atoms with van der Waals surface area (Å²) in [5.74, 6) is -2.15. The fourth-order valence-electron chi connectivity index (χ4n) is 1.24. The fourth-order valence-corrected chi connectivity index (χ4v) is 2.96. The van der Waals surface area contributed by atoms with E-state index in [4.69, 9.17) is 10.8 Å². The molecule has 0 aromatic carbocycles. The highest BCUT2D eigenvalue weighted by atomic mass is 32.2. The van der Waals surface area contributed by atoms with Crippen LogP contribution < -0.4 is 5.73 Å². The molecule has 0 aliphatic heterocycles. The van der Waals surface area contributed by atoms with Gasteiger partial charge in [-0.1, -0.05) is 6.92 Å². The van der Waals surface area contributed by atoms with Crippen molar-refractivity contribution < 1.29 is 23.1 Å². The van der Waals surface area contributed by atoms with Crippen LogP contribution in [0.25, 0.3) is 0 Å². The second-order valence-electron chi connectivity index (χ2n) is 3.30. The van der Waals surface area contributed by atoms with Crippen LogP contribution in [0, 0.1) is 0 Å². The van der Waals surface area contributed by atoms with E-state index in [1.807, 2.05) is 0 Å². The summed E-state index contributed by atoms with van der Waals surface area (Å²) >= 11 is 0. The van der Waals surface area contributed by atoms with E-state index in [9.17, 15) is 18.0 Å². The maximum atomic E-state index is 11.7. The van der Waals surface area contributed by atoms with E-state index >= 15 is 0 Å². The largest absolute Gasteiger partial charge is 0.481 e. The molecule has 7 heteroatoms. The van der Waals surface area contributed by atoms with Gasteiger partial charge in [-0.05, 0) is 13.3 Å². The predicted molar refractivity (Wildman–Crippen MR) is 53.9 cm³/mol. The van der Waals surface area contributed by atoms with Gasteiger partial charge in [0.05, 0.1) is 11.7 Å². The first-order chi connectivity index (χ1) is 6.73. The molecule has 0 aliphatic rings. The minimum absolute atomic E-state index is 0.0572. The van der Waals surface area contributed by atoms with Gasteiger partial charge in [0.15, 0.2) is 9.84 Å². The Hall–Kier alpha value is -1.11. The van der Waals surface area contributed by atoms with Crippen LogP contribution in [0.5, 0.6) is 0 Å². The maximum absolute atomic E-state index is 11.7. The molecule has 0 spiro atoms. The number of nitrogens with two attached hydrogens (primary N) is 1. The molecule has 0 saturated heterocycles. The fraction of sp³-hybridized carbons (Fsp3) is 0.750. The van der Waals surface area contributed by atoms with E-state index in [1.54, 1.807) is 0 Å². The number of carbonyl (C=O) groups excluding carboxylic acids is 1. The Morgan fingerprint density at radius 3 is 2.13 bits per heavy atom. The number of aliphatic carboxylic acids is 1. The number of primary amides is 1. The monoisotopic (exact) mass is 237 g/mol. The predicted octanol–water partition coefficient (Wildman–Crippen LogP) is -0.472. The zero-order chi connectivity index (χ0) is 12.2. The van der Waals surface area contributed by atoms with E-state index in [2.05, 4.69) is 0 Å². The number of rotatable bonds is 6. The topological polar surface area (TPSA) is 115 Å². The number of carboxylic acids is 1. The number of carboxylic acid groups (broad SMARTS) is 1. The maximum Gasteiger partial charge on any atom is 0.304 e. The summed E-state index contributed by atoms with van der Waals surface area (Å²) < 4.78 is 23.3. The van der Waals surface area contributed by atoms with Gasteiger partial charge >= 0.3 is 5.97 Å². The Kier molecular flexibility index (Phi) is 4.73. The summed E-state index contributed by atoms with van der Waals surface area (Å²) in [6.07, 6.45) is -0.465. The van der Waals surface area contributed by atoms with Crippen LogP contribution in [-0.2, 0) is 19.4 Å². The molecule has 2 unspecified atom stereocenters. The van der Waals surface area contributed by atoms with Crippen molar-refractivity contribution in [3.8, 4) is 0 Å². The number of carbonyl (C=O) groups is 2. The third-order valence-electron chi connectivity index (χ3n) is 2.11. The Labute approximate surface area is 88.4 Å². The number of hydrogen-bond acceptors (Lipinski definition) is 4. The van der Waals surface area contributed by atoms with Crippen LogP contribution >= 0.6 is 0 Å². The molecular formula is C8H15NO5S. The highest BCUT2D eigenvalue weighted by Gasteiger charge is 2.34. The van der Waals surface area contributed by atoms with Gasteiger partial charge in [0.1, 0.15) is 5.25 Å². The molecule has 0 fully saturated rings. The lowest BCUT2D eigenvalue weighted by Gasteiger charge is -2.16. The SMILES string of the molecule is CCC(C(N)=O)S(=O)(=O)C(C)CC(=O)O. The Morgan fingerprint density at radius 1 is 1.40 bits per heavy atom. The van der Waals surface area contributed by atoms with Crippen LogP contribution in [0.4, 0.5) is 0 Å². The van der Waals surface area contributed by atoms with Gasteiger partial charge in [0, 0.05) is 0 Å². The van der Waals surface area contributed by atoms with Gasteiger partial charge in [0.2, 0.25) is 5.91 Å². The normalized spacial score (nSPS) is 15.6. The Morgan fingerprint density at radius 2 is 1.87 bits per heavy atom. The molecule has 15 heavy (non-hydrogen) atoms. The van der Waals surface area contributed by atoms with Crippen LogP contribution in [0.1, 0.15) is 26.7 Å². The molecule has 0 saturated carbocycles. The van der Waals surface area contributed by atoms with E-state index in [-0.39, 0.29) is 6.42 Å². The molecule has 0 aliphatic carbocycles. The molecule has 0 aromatic heterocycles. The summed E-state index contributed by atoms with van der Waals surface area (Å²) in [5, 5.41) is 6.06. The standard InChI is InChI=1S/C8H15NO5S/c1-3-6(8(9)12)15(13,14)5(2)4-7(10)11/h5-6H,3-4H2,1-2H3,(H2,9,12)(H,10,11). The zero-order valence-electron chi connectivity index (χ0n) is 8.63. The van der Waals surface area contributed by atoms with Crippen LogP contribution in [0.15, 0.2) is 0 Å². The first kappa shape index (κ1) is 13.9. The third kappa shape index (κ3) is 3.50. The summed E-state index contributed by atoms with van der Waals surface area (Å²) in [6, 6.07) is 0. The average Bonchev–Trinajstić information content (AvgIpc) is 2.02. The summed E-state index contributed by atoms with van der Waals surface area (Å²) in [4.78, 5) is 21.2. The molecule has 1 amide bonds. The molecule has 6 nitrogen and oxygen atoms in total. The summed E-state index contributed by atoms with van der Waals surface area (Å²) in [5.41, 5.74) is 4.94. The molecule has 0 rings (SSSR count). The summed E-state index contributed by atoms with van der Waals surface area (Å²) in [6.45, 7) is 2.77. The molecular weight excluding hydrogens is 222 g/mol. The van der Waals surface area contributed by atoms with Crippen molar-refractivity contribution in [2.45, 2.75) is 37.2 Å². The van der Waals surface area contributed by atoms with Gasteiger partial charge in [-0.25, -0.2) is 8.42 Å². The van der Waals surface area contributed by atoms with Crippen molar-refractivity contribution in [1.29, 1.82) is 0 Å². The molecule has 0 radical (unpaired) electrons. The van der Waals surface area contributed by atoms with Crippen LogP contribution in [0.3, 0.4) is 0 Å². The van der Waals surface area contributed by atoms with E-state index in [0.29, 0.717) is 0 Å². The second-order valence-corrected chi connectivity index (χ2v) is 5.85. The van der Waals surface area contributed by atoms with E-state index in [0.717, 1.165) is 0 Å². The molecule has 0 heterocycles. The van der Waals surface area contributed by atoms with Crippen molar-refractivity contribution in [1.82, 2.24) is 0 Å². The smallest absolute Gasteiger partial charge is 0.304 e. The van der Waals surface area contributed by atoms with Gasteiger partial charge in [0.25, 0.3) is 0 Å². The lowest BCUT2D eigenvalue weighted by molar-refractivity contribution is -0.137. The van der Waals surface area contributed by atoms with Crippen LogP contribution in [0.2, 0.25) is 0 Å². The van der Waals surface area contributed by atoms with Crippen molar-refractivity contribution >= 4 is 21.7 Å². The number of amides is 1. The van der Waals surface area contributed by atoms with Crippen molar-refractivity contribution in [3.05, 3.63) is 0 Å². The first-order valence-electron chi connectivity index (χ1n) is 4.47. The molecule has 0 aromatic rings. The van der Waals surface area contributed by atoms with Crippen molar-refractivity contribution in [2.75, 3.05) is 0 Å². The van der Waals surface area contributed by atoms with E-state index < -0.39 is 38.6 Å². The number of hydrogen-bond donors (Lipinski definition) is 2. The molecule has 2 atom stereocenters. The zero-order valence-corrected chi connectivity index (χ0v) is 9.45. The van der Waals surface area contributed by atoms with Crippen LogP contribution in [-0.4, -0.2) is 35.9 Å². The lowest BCUT2D eigenvalue weighted by Crippen LogP contribution is -2.40. The highest BCUT2D eigenvalue weighted by molar-refractivity contribution is 7.93. The van der Waals surface area contributed by atoms with Crippen molar-refractivity contribution in [3.63, 3.8) is 0 Å². The first-order valence-corrected chi connectivity index (χ1v) is 6.08. The van der Waals surface area contributed by atoms with Gasteiger partial charge in [-0.15, -0.1) is 0 Å². The average molecular weight is 237 g/mol. The van der Waals surface area contributed by atoms with Gasteiger partial charge in [-0.2, -0.15) is 0 Å².